The van der Waals surface area contributed by atoms with E-state index in [4.69, 9.17) is 9.47 Å². The van der Waals surface area contributed by atoms with Crippen LogP contribution in [0.5, 0.6) is 0 Å². The zero-order valence-corrected chi connectivity index (χ0v) is 11.6. The first-order valence-electron chi connectivity index (χ1n) is 6.62. The number of hydrogen-bond acceptors (Lipinski definition) is 4. The number of esters is 1. The third-order valence-corrected chi connectivity index (χ3v) is 3.34. The summed E-state index contributed by atoms with van der Waals surface area (Å²) in [7, 11) is 0. The van der Waals surface area contributed by atoms with E-state index in [0.717, 1.165) is 24.7 Å². The Morgan fingerprint density at radius 3 is 2.84 bits per heavy atom. The predicted octanol–water partition coefficient (Wildman–Crippen LogP) is 2.43. The molecule has 4 heteroatoms. The Labute approximate surface area is 114 Å². The van der Waals surface area contributed by atoms with Gasteiger partial charge in [-0.15, -0.1) is 0 Å². The van der Waals surface area contributed by atoms with E-state index in [1.807, 2.05) is 6.92 Å². The minimum atomic E-state index is -0.268. The molecule has 19 heavy (non-hydrogen) atoms. The van der Waals surface area contributed by atoms with Gasteiger partial charge in [-0.05, 0) is 37.3 Å². The monoisotopic (exact) mass is 266 g/mol. The van der Waals surface area contributed by atoms with Crippen molar-refractivity contribution in [2.75, 3.05) is 6.61 Å². The average molecular weight is 266 g/mol. The van der Waals surface area contributed by atoms with E-state index in [0.29, 0.717) is 5.92 Å². The van der Waals surface area contributed by atoms with E-state index in [9.17, 15) is 9.59 Å². The van der Waals surface area contributed by atoms with Crippen LogP contribution in [0.1, 0.15) is 33.1 Å². The van der Waals surface area contributed by atoms with E-state index in [1.165, 1.54) is 6.08 Å². The summed E-state index contributed by atoms with van der Waals surface area (Å²) in [5.41, 5.74) is 0.909. The largest absolute Gasteiger partial charge is 0.461 e. The zero-order valence-electron chi connectivity index (χ0n) is 11.6. The summed E-state index contributed by atoms with van der Waals surface area (Å²) >= 11 is 0. The lowest BCUT2D eigenvalue weighted by Gasteiger charge is -2.35. The van der Waals surface area contributed by atoms with Crippen molar-refractivity contribution in [1.82, 2.24) is 0 Å². The molecule has 0 spiro atoms. The van der Waals surface area contributed by atoms with Gasteiger partial charge in [0.25, 0.3) is 0 Å². The second-order valence-electron chi connectivity index (χ2n) is 4.96. The first kappa shape index (κ1) is 15.6. The molecule has 0 unspecified atom stereocenters. The molecular formula is C15H22O4. The molecule has 0 N–H and O–H groups in total. The Morgan fingerprint density at radius 2 is 2.21 bits per heavy atom. The van der Waals surface area contributed by atoms with Crippen molar-refractivity contribution in [3.63, 3.8) is 0 Å². The lowest BCUT2D eigenvalue weighted by Crippen LogP contribution is -2.36. The van der Waals surface area contributed by atoms with Crippen LogP contribution in [0, 0.1) is 5.92 Å². The Hall–Kier alpha value is -1.42. The molecule has 0 aliphatic carbocycles. The Kier molecular flexibility index (Phi) is 6.50. The maximum absolute atomic E-state index is 11.5. The minimum Gasteiger partial charge on any atom is -0.461 e. The molecule has 4 nitrogen and oxygen atoms in total. The first-order valence-corrected chi connectivity index (χ1v) is 6.62. The molecule has 1 heterocycles. The van der Waals surface area contributed by atoms with E-state index in [2.05, 4.69) is 13.5 Å². The Balaban J connectivity index is 2.54. The van der Waals surface area contributed by atoms with Crippen LogP contribution in [0.4, 0.5) is 0 Å². The van der Waals surface area contributed by atoms with Crippen LogP contribution in [0.2, 0.25) is 0 Å². The van der Waals surface area contributed by atoms with Gasteiger partial charge in [-0.3, -0.25) is 9.59 Å². The molecule has 0 aromatic carbocycles. The number of carbonyl (C=O) groups is 2. The maximum Gasteiger partial charge on any atom is 0.308 e. The lowest BCUT2D eigenvalue weighted by molar-refractivity contribution is -0.149. The molecule has 0 bridgehead atoms. The van der Waals surface area contributed by atoms with Crippen molar-refractivity contribution in [2.45, 2.75) is 45.3 Å². The highest BCUT2D eigenvalue weighted by Crippen LogP contribution is 2.30. The standard InChI is InChI=1S/C15H22O4/c1-4-9-18-14(17)10-13-6-5-11(2)15(19-13)12(3)7-8-16/h4,7-8,11,13,15H,1,5-6,9-10H2,2-3H3/b12-7+/t11-,13+,15-/m0/s1. The Bertz CT molecular complexity index is 359. The lowest BCUT2D eigenvalue weighted by atomic mass is 9.88. The molecule has 1 rings (SSSR count). The molecule has 1 fully saturated rings. The molecule has 1 aliphatic rings. The van der Waals surface area contributed by atoms with E-state index in [1.54, 1.807) is 6.08 Å². The predicted molar refractivity (Wildman–Crippen MR) is 72.7 cm³/mol. The van der Waals surface area contributed by atoms with Crippen LogP contribution in [0.3, 0.4) is 0 Å². The summed E-state index contributed by atoms with van der Waals surface area (Å²) < 4.78 is 10.9. The molecular weight excluding hydrogens is 244 g/mol. The first-order chi connectivity index (χ1) is 9.08. The van der Waals surface area contributed by atoms with E-state index < -0.39 is 0 Å². The molecule has 0 aromatic heterocycles. The van der Waals surface area contributed by atoms with Gasteiger partial charge in [0.15, 0.2) is 0 Å². The quantitative estimate of drug-likeness (QED) is 0.321. The summed E-state index contributed by atoms with van der Waals surface area (Å²) in [4.78, 5) is 22.1. The zero-order chi connectivity index (χ0) is 14.3. The highest BCUT2D eigenvalue weighted by Gasteiger charge is 2.30. The van der Waals surface area contributed by atoms with Gasteiger partial charge in [0.1, 0.15) is 12.9 Å². The van der Waals surface area contributed by atoms with E-state index >= 15 is 0 Å². The van der Waals surface area contributed by atoms with Crippen molar-refractivity contribution in [1.29, 1.82) is 0 Å². The minimum absolute atomic E-state index is 0.0869. The van der Waals surface area contributed by atoms with Gasteiger partial charge in [-0.25, -0.2) is 0 Å². The highest BCUT2D eigenvalue weighted by atomic mass is 16.5. The summed E-state index contributed by atoms with van der Waals surface area (Å²) in [5.74, 6) is 0.0897. The molecule has 1 saturated heterocycles. The van der Waals surface area contributed by atoms with E-state index in [-0.39, 0.29) is 31.2 Å². The van der Waals surface area contributed by atoms with Gasteiger partial charge in [0, 0.05) is 0 Å². The van der Waals surface area contributed by atoms with Crippen molar-refractivity contribution >= 4 is 12.3 Å². The maximum atomic E-state index is 11.5. The van der Waals surface area contributed by atoms with Gasteiger partial charge in [-0.1, -0.05) is 19.6 Å². The number of aldehydes is 1. The molecule has 3 atom stereocenters. The normalized spacial score (nSPS) is 27.7. The molecule has 0 aromatic rings. The highest BCUT2D eigenvalue weighted by molar-refractivity contribution is 5.70. The van der Waals surface area contributed by atoms with Crippen LogP contribution in [-0.4, -0.2) is 31.1 Å². The summed E-state index contributed by atoms with van der Waals surface area (Å²) in [6.45, 7) is 7.71. The third-order valence-electron chi connectivity index (χ3n) is 3.34. The SMILES string of the molecule is C=CCOC(=O)C[C@H]1CC[C@H](C)[C@@H](/C(C)=C/C=O)O1. The molecule has 0 radical (unpaired) electrons. The molecule has 0 amide bonds. The van der Waals surface area contributed by atoms with Gasteiger partial charge in [0.05, 0.1) is 18.6 Å². The van der Waals surface area contributed by atoms with Crippen molar-refractivity contribution < 1.29 is 19.1 Å². The smallest absolute Gasteiger partial charge is 0.308 e. The number of allylic oxidation sites excluding steroid dienone is 1. The number of hydrogen-bond donors (Lipinski definition) is 0. The topological polar surface area (TPSA) is 52.6 Å². The van der Waals surface area contributed by atoms with Crippen LogP contribution in [-0.2, 0) is 19.1 Å². The third kappa shape index (κ3) is 4.99. The fraction of sp³-hybridized carbons (Fsp3) is 0.600. The average Bonchev–Trinajstić information content (AvgIpc) is 2.39. The number of ether oxygens (including phenoxy) is 2. The summed E-state index contributed by atoms with van der Waals surface area (Å²) in [6, 6.07) is 0. The van der Waals surface area contributed by atoms with Crippen LogP contribution in [0.15, 0.2) is 24.3 Å². The van der Waals surface area contributed by atoms with Crippen LogP contribution < -0.4 is 0 Å². The van der Waals surface area contributed by atoms with Gasteiger partial charge in [0.2, 0.25) is 0 Å². The van der Waals surface area contributed by atoms with Crippen LogP contribution in [0.25, 0.3) is 0 Å². The second kappa shape index (κ2) is 7.89. The number of carbonyl (C=O) groups excluding carboxylic acids is 2. The van der Waals surface area contributed by atoms with Crippen molar-refractivity contribution in [2.24, 2.45) is 5.92 Å². The summed E-state index contributed by atoms with van der Waals surface area (Å²) in [6.07, 6.45) is 5.70. The van der Waals surface area contributed by atoms with Gasteiger partial charge in [-0.2, -0.15) is 0 Å². The summed E-state index contributed by atoms with van der Waals surface area (Å²) in [5, 5.41) is 0. The molecule has 1 aliphatic heterocycles. The molecule has 106 valence electrons. The van der Waals surface area contributed by atoms with Crippen molar-refractivity contribution in [3.05, 3.63) is 24.3 Å². The Morgan fingerprint density at radius 1 is 1.47 bits per heavy atom. The van der Waals surface area contributed by atoms with Gasteiger partial charge < -0.3 is 9.47 Å². The second-order valence-corrected chi connectivity index (χ2v) is 4.96. The molecule has 0 saturated carbocycles. The van der Waals surface area contributed by atoms with Crippen LogP contribution >= 0.6 is 0 Å². The number of rotatable bonds is 6. The fourth-order valence-electron chi connectivity index (χ4n) is 2.31. The van der Waals surface area contributed by atoms with Crippen molar-refractivity contribution in [3.8, 4) is 0 Å². The van der Waals surface area contributed by atoms with Gasteiger partial charge >= 0.3 is 5.97 Å². The fourth-order valence-corrected chi connectivity index (χ4v) is 2.31.